The molecular weight excluding hydrogens is 411 g/mol. The second-order valence-electron chi connectivity index (χ2n) is 12.2. The van der Waals surface area contributed by atoms with Gasteiger partial charge in [0, 0.05) is 0 Å². The zero-order chi connectivity index (χ0) is 23.6. The third-order valence-electron chi connectivity index (χ3n) is 11.1. The van der Waals surface area contributed by atoms with E-state index in [9.17, 15) is 24.5 Å². The van der Waals surface area contributed by atoms with Crippen molar-refractivity contribution in [1.82, 2.24) is 0 Å². The Morgan fingerprint density at radius 2 is 1.75 bits per heavy atom. The van der Waals surface area contributed by atoms with Crippen LogP contribution in [0.5, 0.6) is 0 Å². The largest absolute Gasteiger partial charge is 0.479 e. The summed E-state index contributed by atoms with van der Waals surface area (Å²) in [6.07, 6.45) is 2.51. The molecule has 5 nitrogen and oxygen atoms in total. The van der Waals surface area contributed by atoms with Gasteiger partial charge in [-0.1, -0.05) is 34.1 Å². The third-order valence-corrected chi connectivity index (χ3v) is 11.1. The molecule has 32 heavy (non-hydrogen) atoms. The molecule has 0 saturated heterocycles. The number of aliphatic hydroxyl groups excluding tert-OH is 3. The van der Waals surface area contributed by atoms with Gasteiger partial charge in [0.2, 0.25) is 0 Å². The maximum atomic E-state index is 14.0. The first-order valence-electron chi connectivity index (χ1n) is 12.9. The molecule has 13 atom stereocenters. The first kappa shape index (κ1) is 24.4. The summed E-state index contributed by atoms with van der Waals surface area (Å²) >= 11 is 0. The Morgan fingerprint density at radius 3 is 2.38 bits per heavy atom. The van der Waals surface area contributed by atoms with Gasteiger partial charge in [-0.25, -0.2) is 9.18 Å². The van der Waals surface area contributed by atoms with Gasteiger partial charge in [0.25, 0.3) is 0 Å². The Morgan fingerprint density at radius 1 is 1.06 bits per heavy atom. The Bertz CT molecular complexity index is 716. The highest BCUT2D eigenvalue weighted by molar-refractivity contribution is 5.72. The molecule has 4 aliphatic rings. The lowest BCUT2D eigenvalue weighted by molar-refractivity contribution is -0.228. The molecular formula is C26H43FO5. The smallest absolute Gasteiger partial charge is 0.338 e. The Hall–Kier alpha value is -0.720. The first-order valence-corrected chi connectivity index (χ1v) is 12.9. The zero-order valence-electron chi connectivity index (χ0n) is 20.1. The van der Waals surface area contributed by atoms with E-state index in [4.69, 9.17) is 5.11 Å². The lowest BCUT2D eigenvalue weighted by atomic mass is 9.41. The number of hydrogen-bond donors (Lipinski definition) is 4. The van der Waals surface area contributed by atoms with Gasteiger partial charge in [-0.05, 0) is 97.2 Å². The minimum Gasteiger partial charge on any atom is -0.479 e. The fourth-order valence-electron chi connectivity index (χ4n) is 9.48. The van der Waals surface area contributed by atoms with Gasteiger partial charge in [-0.15, -0.1) is 0 Å². The lowest BCUT2D eigenvalue weighted by Gasteiger charge is -2.65. The van der Waals surface area contributed by atoms with E-state index in [0.29, 0.717) is 6.42 Å². The highest BCUT2D eigenvalue weighted by atomic mass is 19.1. The maximum absolute atomic E-state index is 14.0. The van der Waals surface area contributed by atoms with Crippen LogP contribution in [0.3, 0.4) is 0 Å². The number of rotatable bonds is 5. The summed E-state index contributed by atoms with van der Waals surface area (Å²) in [5.74, 6) is -0.619. The number of fused-ring (bicyclic) bond motifs is 5. The number of aliphatic carboxylic acids is 1. The summed E-state index contributed by atoms with van der Waals surface area (Å²) in [4.78, 5) is 11.1. The van der Waals surface area contributed by atoms with Gasteiger partial charge in [-0.2, -0.15) is 0 Å². The second kappa shape index (κ2) is 8.49. The lowest BCUT2D eigenvalue weighted by Crippen LogP contribution is -2.65. The Balaban J connectivity index is 1.66. The summed E-state index contributed by atoms with van der Waals surface area (Å²) in [5, 5.41) is 42.7. The van der Waals surface area contributed by atoms with E-state index in [0.717, 1.165) is 38.5 Å². The summed E-state index contributed by atoms with van der Waals surface area (Å²) < 4.78 is 14.0. The summed E-state index contributed by atoms with van der Waals surface area (Å²) in [7, 11) is 0. The molecule has 4 fully saturated rings. The fraction of sp³-hybridized carbons (Fsp3) is 0.962. The van der Waals surface area contributed by atoms with Gasteiger partial charge < -0.3 is 20.4 Å². The van der Waals surface area contributed by atoms with Crippen LogP contribution in [0.2, 0.25) is 0 Å². The maximum Gasteiger partial charge on any atom is 0.338 e. The average Bonchev–Trinajstić information content (AvgIpc) is 3.09. The van der Waals surface area contributed by atoms with Crippen molar-refractivity contribution in [3.63, 3.8) is 0 Å². The van der Waals surface area contributed by atoms with Crippen LogP contribution >= 0.6 is 0 Å². The highest BCUT2D eigenvalue weighted by Gasteiger charge is 2.67. The number of halogens is 1. The van der Waals surface area contributed by atoms with Crippen molar-refractivity contribution in [3.05, 3.63) is 0 Å². The van der Waals surface area contributed by atoms with Crippen molar-refractivity contribution in [1.29, 1.82) is 0 Å². The van der Waals surface area contributed by atoms with Crippen molar-refractivity contribution in [2.45, 2.75) is 104 Å². The average molecular weight is 455 g/mol. The molecule has 6 heteroatoms. The van der Waals surface area contributed by atoms with Gasteiger partial charge >= 0.3 is 5.97 Å². The number of aliphatic hydroxyl groups is 3. The molecule has 4 saturated carbocycles. The van der Waals surface area contributed by atoms with Gasteiger partial charge in [0.05, 0.1) is 18.3 Å². The Kier molecular flexibility index (Phi) is 6.48. The molecule has 0 aromatic carbocycles. The van der Waals surface area contributed by atoms with Crippen LogP contribution in [0.15, 0.2) is 0 Å². The minimum atomic E-state index is -1.88. The molecule has 4 rings (SSSR count). The van der Waals surface area contributed by atoms with Crippen LogP contribution in [0.4, 0.5) is 4.39 Å². The third kappa shape index (κ3) is 3.46. The van der Waals surface area contributed by atoms with Crippen LogP contribution < -0.4 is 0 Å². The zero-order valence-corrected chi connectivity index (χ0v) is 20.1. The molecule has 8 unspecified atom stereocenters. The Labute approximate surface area is 191 Å². The van der Waals surface area contributed by atoms with Crippen molar-refractivity contribution in [3.8, 4) is 0 Å². The standard InChI is InChI=1S/C26H43FO5/c1-5-15-18-11-14(28)8-9-25(18,3)19-12-21(29)26(4)16(13(2)10-20(27)24(31)32)6-7-17(26)22(19)23(15)30/h13-23,28-30H,5-12H2,1-4H3,(H,31,32)/t13-,14-,15-,16?,17?,18?,19?,20?,21+,22?,23-,25?,26?/m1/s1. The molecule has 0 bridgehead atoms. The van der Waals surface area contributed by atoms with Crippen molar-refractivity contribution in [2.75, 3.05) is 0 Å². The van der Waals surface area contributed by atoms with Crippen LogP contribution in [-0.2, 0) is 4.79 Å². The summed E-state index contributed by atoms with van der Waals surface area (Å²) in [5.41, 5.74) is -0.432. The van der Waals surface area contributed by atoms with E-state index < -0.39 is 29.8 Å². The van der Waals surface area contributed by atoms with Crippen LogP contribution in [-0.4, -0.2) is 50.9 Å². The van der Waals surface area contributed by atoms with E-state index in [-0.39, 0.29) is 59.4 Å². The van der Waals surface area contributed by atoms with Gasteiger partial charge in [-0.3, -0.25) is 0 Å². The molecule has 0 aromatic heterocycles. The quantitative estimate of drug-likeness (QED) is 0.503. The minimum absolute atomic E-state index is 0.00313. The topological polar surface area (TPSA) is 98.0 Å². The second-order valence-corrected chi connectivity index (χ2v) is 12.2. The van der Waals surface area contributed by atoms with Gasteiger partial charge in [0.1, 0.15) is 0 Å². The molecule has 184 valence electrons. The molecule has 4 N–H and O–H groups in total. The van der Waals surface area contributed by atoms with Crippen molar-refractivity contribution in [2.24, 2.45) is 52.3 Å². The molecule has 0 amide bonds. The fourth-order valence-corrected chi connectivity index (χ4v) is 9.48. The van der Waals surface area contributed by atoms with E-state index in [2.05, 4.69) is 20.8 Å². The normalized spacial score (nSPS) is 52.4. The number of carboxylic acid groups (broad SMARTS) is 1. The number of alkyl halides is 1. The van der Waals surface area contributed by atoms with Gasteiger partial charge in [0.15, 0.2) is 6.17 Å². The van der Waals surface area contributed by atoms with Crippen LogP contribution in [0, 0.1) is 52.3 Å². The summed E-state index contributed by atoms with van der Waals surface area (Å²) in [6, 6.07) is 0. The molecule has 4 aliphatic carbocycles. The van der Waals surface area contributed by atoms with E-state index in [1.807, 2.05) is 6.92 Å². The molecule has 0 spiro atoms. The van der Waals surface area contributed by atoms with Crippen LogP contribution in [0.25, 0.3) is 0 Å². The SMILES string of the molecule is CC[C@@H]1C2C[C@H](O)CCC2(C)C2C[C@H](O)C3(C)C(CCC3[C@H](C)CC(F)C(=O)O)C2[C@@H]1O. The number of hydrogen-bond acceptors (Lipinski definition) is 4. The highest BCUT2D eigenvalue weighted by Crippen LogP contribution is 2.69. The molecule has 0 aliphatic heterocycles. The molecule has 0 aromatic rings. The predicted octanol–water partition coefficient (Wildman–Crippen LogP) is 4.03. The predicted molar refractivity (Wildman–Crippen MR) is 119 cm³/mol. The molecule has 0 radical (unpaired) electrons. The van der Waals surface area contributed by atoms with E-state index in [1.54, 1.807) is 0 Å². The molecule has 0 heterocycles. The number of carbonyl (C=O) groups is 1. The van der Waals surface area contributed by atoms with E-state index in [1.165, 1.54) is 0 Å². The monoisotopic (exact) mass is 454 g/mol. The first-order chi connectivity index (χ1) is 15.0. The van der Waals surface area contributed by atoms with E-state index >= 15 is 0 Å². The van der Waals surface area contributed by atoms with Crippen LogP contribution in [0.1, 0.15) is 79.1 Å². The van der Waals surface area contributed by atoms with Crippen molar-refractivity contribution < 1.29 is 29.6 Å². The summed E-state index contributed by atoms with van der Waals surface area (Å²) in [6.45, 7) is 8.52. The van der Waals surface area contributed by atoms with Crippen molar-refractivity contribution >= 4 is 5.97 Å². The number of carboxylic acids is 1.